The van der Waals surface area contributed by atoms with Gasteiger partial charge in [-0.15, -0.1) is 0 Å². The number of methoxy groups -OCH3 is 2. The Hall–Kier alpha value is -3.93. The highest BCUT2D eigenvalue weighted by molar-refractivity contribution is 6.09. The van der Waals surface area contributed by atoms with Crippen LogP contribution in [0.25, 0.3) is 38.8 Å². The van der Waals surface area contributed by atoms with Crippen LogP contribution in [0.3, 0.4) is 0 Å². The number of halogens is 1. The van der Waals surface area contributed by atoms with Gasteiger partial charge in [0, 0.05) is 28.6 Å². The lowest BCUT2D eigenvalue weighted by Crippen LogP contribution is -1.98. The molecule has 0 aliphatic rings. The summed E-state index contributed by atoms with van der Waals surface area (Å²) in [4.78, 5) is 4.65. The van der Waals surface area contributed by atoms with Gasteiger partial charge >= 0.3 is 0 Å². The third-order valence-electron chi connectivity index (χ3n) is 5.13. The molecule has 0 aliphatic heterocycles. The van der Waals surface area contributed by atoms with E-state index in [0.717, 1.165) is 38.8 Å². The summed E-state index contributed by atoms with van der Waals surface area (Å²) in [6.07, 6.45) is 1.82. The minimum absolute atomic E-state index is 0.295. The van der Waals surface area contributed by atoms with Gasteiger partial charge in [0.05, 0.1) is 30.9 Å². The molecule has 0 unspecified atom stereocenters. The summed E-state index contributed by atoms with van der Waals surface area (Å²) in [6.45, 7) is 0. The van der Waals surface area contributed by atoms with Gasteiger partial charge in [0.2, 0.25) is 0 Å². The summed E-state index contributed by atoms with van der Waals surface area (Å²) in [6, 6.07) is 20.0. The standard InChI is InChI=1S/C24H18FN3O2/c1-29-21-12-18-20(13-22(21)30-2)26-14-19-23(15-6-4-3-5-7-15)27-28(24(18)19)17-10-8-16(25)9-11-17/h3-14H,1-2H3. The zero-order valence-electron chi connectivity index (χ0n) is 16.5. The van der Waals surface area contributed by atoms with E-state index in [9.17, 15) is 4.39 Å². The molecular weight excluding hydrogens is 381 g/mol. The van der Waals surface area contributed by atoms with Gasteiger partial charge in [0.1, 0.15) is 11.5 Å². The predicted octanol–water partition coefficient (Wildman–Crippen LogP) is 5.40. The third-order valence-corrected chi connectivity index (χ3v) is 5.13. The summed E-state index contributed by atoms with van der Waals surface area (Å²) in [7, 11) is 3.20. The Labute approximate surface area is 172 Å². The summed E-state index contributed by atoms with van der Waals surface area (Å²) >= 11 is 0. The zero-order chi connectivity index (χ0) is 20.7. The van der Waals surface area contributed by atoms with Gasteiger partial charge in [-0.05, 0) is 30.3 Å². The first-order chi connectivity index (χ1) is 14.7. The van der Waals surface area contributed by atoms with Crippen LogP contribution in [-0.4, -0.2) is 29.0 Å². The molecule has 0 fully saturated rings. The van der Waals surface area contributed by atoms with E-state index in [0.29, 0.717) is 11.5 Å². The maximum absolute atomic E-state index is 13.6. The molecule has 0 amide bonds. The van der Waals surface area contributed by atoms with Crippen molar-refractivity contribution in [2.75, 3.05) is 14.2 Å². The Morgan fingerprint density at radius 2 is 1.53 bits per heavy atom. The number of aromatic nitrogens is 3. The molecule has 0 bridgehead atoms. The van der Waals surface area contributed by atoms with Gasteiger partial charge in [-0.2, -0.15) is 5.10 Å². The molecule has 6 heteroatoms. The minimum atomic E-state index is -0.295. The molecule has 148 valence electrons. The van der Waals surface area contributed by atoms with Crippen LogP contribution in [-0.2, 0) is 0 Å². The van der Waals surface area contributed by atoms with Gasteiger partial charge in [-0.3, -0.25) is 4.98 Å². The van der Waals surface area contributed by atoms with Crippen molar-refractivity contribution in [2.24, 2.45) is 0 Å². The van der Waals surface area contributed by atoms with Crippen LogP contribution >= 0.6 is 0 Å². The van der Waals surface area contributed by atoms with Gasteiger partial charge in [0.25, 0.3) is 0 Å². The smallest absolute Gasteiger partial charge is 0.162 e. The number of fused-ring (bicyclic) bond motifs is 3. The molecule has 30 heavy (non-hydrogen) atoms. The Balaban J connectivity index is 1.90. The normalized spacial score (nSPS) is 11.2. The van der Waals surface area contributed by atoms with Crippen LogP contribution in [0, 0.1) is 5.82 Å². The van der Waals surface area contributed by atoms with Crippen LogP contribution in [0.15, 0.2) is 72.9 Å². The molecule has 3 aromatic carbocycles. The Morgan fingerprint density at radius 3 is 2.23 bits per heavy atom. The summed E-state index contributed by atoms with van der Waals surface area (Å²) in [5.74, 6) is 0.914. The zero-order valence-corrected chi connectivity index (χ0v) is 16.5. The molecule has 5 nitrogen and oxygen atoms in total. The molecule has 2 aromatic heterocycles. The van der Waals surface area contributed by atoms with Gasteiger partial charge in [-0.25, -0.2) is 9.07 Å². The number of hydrogen-bond acceptors (Lipinski definition) is 4. The molecule has 0 saturated heterocycles. The van der Waals surface area contributed by atoms with Crippen molar-refractivity contribution in [1.82, 2.24) is 14.8 Å². The second-order valence-electron chi connectivity index (χ2n) is 6.85. The average molecular weight is 399 g/mol. The maximum atomic E-state index is 13.6. The number of rotatable bonds is 4. The van der Waals surface area contributed by atoms with Crippen LogP contribution in [0.1, 0.15) is 0 Å². The largest absolute Gasteiger partial charge is 0.493 e. The van der Waals surface area contributed by atoms with Crippen molar-refractivity contribution < 1.29 is 13.9 Å². The highest BCUT2D eigenvalue weighted by Crippen LogP contribution is 2.38. The second-order valence-corrected chi connectivity index (χ2v) is 6.85. The molecule has 0 aliphatic carbocycles. The van der Waals surface area contributed by atoms with Crippen molar-refractivity contribution in [3.8, 4) is 28.4 Å². The molecule has 0 spiro atoms. The fourth-order valence-corrected chi connectivity index (χ4v) is 3.69. The first-order valence-corrected chi connectivity index (χ1v) is 9.44. The van der Waals surface area contributed by atoms with E-state index in [1.54, 1.807) is 26.4 Å². The molecule has 5 aromatic rings. The summed E-state index contributed by atoms with van der Waals surface area (Å²) in [5.41, 5.74) is 4.16. The lowest BCUT2D eigenvalue weighted by Gasteiger charge is -2.10. The highest BCUT2D eigenvalue weighted by atomic mass is 19.1. The number of benzene rings is 3. The average Bonchev–Trinajstić information content (AvgIpc) is 3.19. The molecule has 5 rings (SSSR count). The quantitative estimate of drug-likeness (QED) is 0.406. The van der Waals surface area contributed by atoms with E-state index in [4.69, 9.17) is 14.6 Å². The van der Waals surface area contributed by atoms with E-state index in [2.05, 4.69) is 4.98 Å². The molecule has 0 atom stereocenters. The number of ether oxygens (including phenoxy) is 2. The highest BCUT2D eigenvalue weighted by Gasteiger charge is 2.19. The van der Waals surface area contributed by atoms with Crippen molar-refractivity contribution in [3.05, 3.63) is 78.7 Å². The lowest BCUT2D eigenvalue weighted by molar-refractivity contribution is 0.356. The molecular formula is C24H18FN3O2. The van der Waals surface area contributed by atoms with E-state index in [-0.39, 0.29) is 5.82 Å². The second kappa shape index (κ2) is 7.15. The maximum Gasteiger partial charge on any atom is 0.162 e. The monoisotopic (exact) mass is 399 g/mol. The fraction of sp³-hybridized carbons (Fsp3) is 0.0833. The molecule has 0 radical (unpaired) electrons. The van der Waals surface area contributed by atoms with Crippen molar-refractivity contribution in [1.29, 1.82) is 0 Å². The van der Waals surface area contributed by atoms with Gasteiger partial charge < -0.3 is 9.47 Å². The van der Waals surface area contributed by atoms with Crippen molar-refractivity contribution >= 4 is 21.8 Å². The van der Waals surface area contributed by atoms with Crippen LogP contribution in [0.2, 0.25) is 0 Å². The topological polar surface area (TPSA) is 49.2 Å². The number of hydrogen-bond donors (Lipinski definition) is 0. The summed E-state index contributed by atoms with van der Waals surface area (Å²) in [5, 5.41) is 6.65. The van der Waals surface area contributed by atoms with E-state index < -0.39 is 0 Å². The van der Waals surface area contributed by atoms with Gasteiger partial charge in [-0.1, -0.05) is 30.3 Å². The van der Waals surface area contributed by atoms with Crippen molar-refractivity contribution in [3.63, 3.8) is 0 Å². The Kier molecular flexibility index (Phi) is 4.32. The molecule has 0 saturated carbocycles. The first kappa shape index (κ1) is 18.1. The number of nitrogens with zero attached hydrogens (tertiary/aromatic N) is 3. The lowest BCUT2D eigenvalue weighted by atomic mass is 10.1. The molecule has 0 N–H and O–H groups in total. The van der Waals surface area contributed by atoms with E-state index >= 15 is 0 Å². The third kappa shape index (κ3) is 2.85. The fourth-order valence-electron chi connectivity index (χ4n) is 3.69. The SMILES string of the molecule is COc1cc2ncc3c(-c4ccccc4)nn(-c4ccc(F)cc4)c3c2cc1OC. The van der Waals surface area contributed by atoms with Crippen molar-refractivity contribution in [2.45, 2.75) is 0 Å². The summed E-state index contributed by atoms with van der Waals surface area (Å²) < 4.78 is 26.3. The Morgan fingerprint density at radius 1 is 0.833 bits per heavy atom. The first-order valence-electron chi connectivity index (χ1n) is 9.44. The van der Waals surface area contributed by atoms with Crippen LogP contribution in [0.4, 0.5) is 4.39 Å². The van der Waals surface area contributed by atoms with Crippen LogP contribution < -0.4 is 9.47 Å². The predicted molar refractivity (Wildman–Crippen MR) is 115 cm³/mol. The van der Waals surface area contributed by atoms with Gasteiger partial charge in [0.15, 0.2) is 11.5 Å². The minimum Gasteiger partial charge on any atom is -0.493 e. The number of pyridine rings is 1. The molecule has 2 heterocycles. The van der Waals surface area contributed by atoms with Crippen LogP contribution in [0.5, 0.6) is 11.5 Å². The van der Waals surface area contributed by atoms with E-state index in [1.165, 1.54) is 12.1 Å². The van der Waals surface area contributed by atoms with E-state index in [1.807, 2.05) is 53.3 Å². The Bertz CT molecular complexity index is 1360.